The van der Waals surface area contributed by atoms with Crippen molar-refractivity contribution in [2.24, 2.45) is 0 Å². The molecule has 8 heteroatoms. The molecular formula is C24H30ClNO5S. The van der Waals surface area contributed by atoms with Gasteiger partial charge in [-0.2, -0.15) is 4.31 Å². The third-order valence-corrected chi connectivity index (χ3v) is 7.29. The average Bonchev–Trinajstić information content (AvgIpc) is 2.72. The van der Waals surface area contributed by atoms with E-state index in [1.54, 1.807) is 61.5 Å². The Kier molecular flexibility index (Phi) is 7.53. The highest BCUT2D eigenvalue weighted by molar-refractivity contribution is 7.89. The van der Waals surface area contributed by atoms with Crippen molar-refractivity contribution in [3.05, 3.63) is 47.0 Å². The first-order valence-corrected chi connectivity index (χ1v) is 12.5. The summed E-state index contributed by atoms with van der Waals surface area (Å²) in [5, 5.41) is 0.480. The van der Waals surface area contributed by atoms with Crippen LogP contribution in [0.25, 0.3) is 11.1 Å². The van der Waals surface area contributed by atoms with Gasteiger partial charge in [0.2, 0.25) is 10.0 Å². The molecule has 0 atom stereocenters. The van der Waals surface area contributed by atoms with Crippen molar-refractivity contribution in [3.8, 4) is 16.9 Å². The molecule has 0 spiro atoms. The van der Waals surface area contributed by atoms with E-state index in [1.165, 1.54) is 0 Å². The quantitative estimate of drug-likeness (QED) is 0.532. The summed E-state index contributed by atoms with van der Waals surface area (Å²) in [6.07, 6.45) is 2.79. The summed E-state index contributed by atoms with van der Waals surface area (Å²) in [7, 11) is -3.59. The number of halogens is 1. The van der Waals surface area contributed by atoms with E-state index in [4.69, 9.17) is 21.1 Å². The van der Waals surface area contributed by atoms with Crippen LogP contribution in [-0.4, -0.2) is 44.0 Å². The lowest BCUT2D eigenvalue weighted by molar-refractivity contribution is -0.157. The molecule has 0 saturated carbocycles. The molecule has 2 aromatic carbocycles. The minimum Gasteiger partial charge on any atom is -0.481 e. The summed E-state index contributed by atoms with van der Waals surface area (Å²) in [4.78, 5) is 12.4. The van der Waals surface area contributed by atoms with Gasteiger partial charge in [-0.25, -0.2) is 13.2 Å². The Hall–Kier alpha value is -2.09. The van der Waals surface area contributed by atoms with E-state index in [9.17, 15) is 13.2 Å². The second-order valence-electron chi connectivity index (χ2n) is 8.96. The predicted molar refractivity (Wildman–Crippen MR) is 126 cm³/mol. The predicted octanol–water partition coefficient (Wildman–Crippen LogP) is 5.21. The van der Waals surface area contributed by atoms with Crippen LogP contribution in [0, 0.1) is 6.92 Å². The van der Waals surface area contributed by atoms with Crippen LogP contribution in [0.3, 0.4) is 0 Å². The molecule has 0 unspecified atom stereocenters. The molecule has 1 fully saturated rings. The number of benzene rings is 2. The van der Waals surface area contributed by atoms with Crippen LogP contribution in [0.1, 0.15) is 45.6 Å². The van der Waals surface area contributed by atoms with Gasteiger partial charge in [-0.15, -0.1) is 0 Å². The normalized spacial score (nSPS) is 15.4. The first-order valence-electron chi connectivity index (χ1n) is 10.7. The van der Waals surface area contributed by atoms with Gasteiger partial charge in [-0.1, -0.05) is 24.1 Å². The summed E-state index contributed by atoms with van der Waals surface area (Å²) in [6, 6.07) is 10.1. The number of piperidine rings is 1. The van der Waals surface area contributed by atoms with Crippen molar-refractivity contribution in [1.29, 1.82) is 0 Å². The molecular weight excluding hydrogens is 450 g/mol. The van der Waals surface area contributed by atoms with Gasteiger partial charge in [0, 0.05) is 23.7 Å². The first kappa shape index (κ1) is 24.6. The SMILES string of the molecule is Cc1ccc(S(=O)(=O)N2CCCCC2)cc1-c1cc(Cl)ccc1OCC(=O)OC(C)(C)C. The van der Waals surface area contributed by atoms with Gasteiger partial charge in [-0.05, 0) is 82.0 Å². The Bertz CT molecular complexity index is 1090. The zero-order chi connectivity index (χ0) is 23.5. The Labute approximate surface area is 195 Å². The van der Waals surface area contributed by atoms with E-state index >= 15 is 0 Å². The van der Waals surface area contributed by atoms with Crippen LogP contribution < -0.4 is 4.74 Å². The number of hydrogen-bond donors (Lipinski definition) is 0. The number of rotatable bonds is 6. The van der Waals surface area contributed by atoms with E-state index in [0.717, 1.165) is 24.8 Å². The Balaban J connectivity index is 1.94. The van der Waals surface area contributed by atoms with Crippen LogP contribution in [-0.2, 0) is 19.6 Å². The number of nitrogens with zero attached hydrogens (tertiary/aromatic N) is 1. The molecule has 0 aliphatic carbocycles. The van der Waals surface area contributed by atoms with Crippen molar-refractivity contribution >= 4 is 27.6 Å². The number of esters is 1. The molecule has 1 heterocycles. The number of carbonyl (C=O) groups is 1. The fourth-order valence-electron chi connectivity index (χ4n) is 3.65. The summed E-state index contributed by atoms with van der Waals surface area (Å²) in [6.45, 7) is 8.06. The first-order chi connectivity index (χ1) is 15.0. The molecule has 1 aliphatic rings. The smallest absolute Gasteiger partial charge is 0.344 e. The number of carbonyl (C=O) groups excluding carboxylic acids is 1. The van der Waals surface area contributed by atoms with Gasteiger partial charge in [0.15, 0.2) is 6.61 Å². The lowest BCUT2D eigenvalue weighted by Gasteiger charge is -2.26. The Morgan fingerprint density at radius 3 is 2.38 bits per heavy atom. The number of ether oxygens (including phenoxy) is 2. The highest BCUT2D eigenvalue weighted by atomic mass is 35.5. The zero-order valence-electron chi connectivity index (χ0n) is 19.0. The molecule has 1 aliphatic heterocycles. The molecule has 0 radical (unpaired) electrons. The largest absolute Gasteiger partial charge is 0.481 e. The van der Waals surface area contributed by atoms with Gasteiger partial charge in [0.05, 0.1) is 4.90 Å². The highest BCUT2D eigenvalue weighted by Gasteiger charge is 2.27. The van der Waals surface area contributed by atoms with Crippen molar-refractivity contribution in [2.75, 3.05) is 19.7 Å². The Morgan fingerprint density at radius 2 is 1.72 bits per heavy atom. The van der Waals surface area contributed by atoms with E-state index in [1.807, 2.05) is 6.92 Å². The summed E-state index contributed by atoms with van der Waals surface area (Å²) in [5.74, 6) is -0.0626. The second-order valence-corrected chi connectivity index (χ2v) is 11.3. The van der Waals surface area contributed by atoms with Crippen LogP contribution in [0.5, 0.6) is 5.75 Å². The Morgan fingerprint density at radius 1 is 1.03 bits per heavy atom. The third kappa shape index (κ3) is 6.03. The summed E-state index contributed by atoms with van der Waals surface area (Å²) >= 11 is 6.25. The average molecular weight is 480 g/mol. The maximum atomic E-state index is 13.2. The van der Waals surface area contributed by atoms with Gasteiger partial charge >= 0.3 is 5.97 Å². The van der Waals surface area contributed by atoms with Gasteiger partial charge < -0.3 is 9.47 Å². The van der Waals surface area contributed by atoms with Gasteiger partial charge in [0.25, 0.3) is 0 Å². The number of aryl methyl sites for hydroxylation is 1. The van der Waals surface area contributed by atoms with Crippen LogP contribution in [0.4, 0.5) is 0 Å². The zero-order valence-corrected chi connectivity index (χ0v) is 20.6. The minimum absolute atomic E-state index is 0.234. The molecule has 3 rings (SSSR count). The topological polar surface area (TPSA) is 72.9 Å². The lowest BCUT2D eigenvalue weighted by atomic mass is 10.00. The molecule has 32 heavy (non-hydrogen) atoms. The van der Waals surface area contributed by atoms with E-state index < -0.39 is 21.6 Å². The van der Waals surface area contributed by atoms with Crippen molar-refractivity contribution in [3.63, 3.8) is 0 Å². The van der Waals surface area contributed by atoms with E-state index in [-0.39, 0.29) is 11.5 Å². The second kappa shape index (κ2) is 9.81. The standard InChI is InChI=1S/C24H30ClNO5S/c1-17-8-10-19(32(28,29)26-12-6-5-7-13-26)15-20(17)21-14-18(25)9-11-22(21)30-16-23(27)31-24(2,3)4/h8-11,14-15H,5-7,12-13,16H2,1-4H3. The molecule has 174 valence electrons. The molecule has 0 aromatic heterocycles. The molecule has 2 aromatic rings. The summed E-state index contributed by atoms with van der Waals surface area (Å²) < 4.78 is 39.0. The molecule has 0 bridgehead atoms. The van der Waals surface area contributed by atoms with Crippen molar-refractivity contribution < 1.29 is 22.7 Å². The number of hydrogen-bond acceptors (Lipinski definition) is 5. The van der Waals surface area contributed by atoms with E-state index in [0.29, 0.717) is 35.0 Å². The molecule has 0 N–H and O–H groups in total. The monoisotopic (exact) mass is 479 g/mol. The van der Waals surface area contributed by atoms with Crippen LogP contribution >= 0.6 is 11.6 Å². The van der Waals surface area contributed by atoms with Crippen LogP contribution in [0.2, 0.25) is 5.02 Å². The molecule has 6 nitrogen and oxygen atoms in total. The molecule has 0 amide bonds. The fraction of sp³-hybridized carbons (Fsp3) is 0.458. The maximum Gasteiger partial charge on any atom is 0.344 e. The van der Waals surface area contributed by atoms with E-state index in [2.05, 4.69) is 0 Å². The maximum absolute atomic E-state index is 13.2. The van der Waals surface area contributed by atoms with Gasteiger partial charge in [0.1, 0.15) is 11.4 Å². The van der Waals surface area contributed by atoms with Crippen molar-refractivity contribution in [2.45, 2.75) is 57.5 Å². The lowest BCUT2D eigenvalue weighted by Crippen LogP contribution is -2.35. The summed E-state index contributed by atoms with van der Waals surface area (Å²) in [5.41, 5.74) is 1.56. The minimum atomic E-state index is -3.59. The third-order valence-electron chi connectivity index (χ3n) is 5.16. The van der Waals surface area contributed by atoms with Gasteiger partial charge in [-0.3, -0.25) is 0 Å². The molecule has 1 saturated heterocycles. The highest BCUT2D eigenvalue weighted by Crippen LogP contribution is 2.36. The number of sulfonamides is 1. The fourth-order valence-corrected chi connectivity index (χ4v) is 5.37. The van der Waals surface area contributed by atoms with Crippen molar-refractivity contribution in [1.82, 2.24) is 4.31 Å². The van der Waals surface area contributed by atoms with Crippen LogP contribution in [0.15, 0.2) is 41.3 Å².